The van der Waals surface area contributed by atoms with E-state index in [1.54, 1.807) is 12.1 Å². The summed E-state index contributed by atoms with van der Waals surface area (Å²) >= 11 is 5.98. The van der Waals surface area contributed by atoms with Crippen LogP contribution in [-0.2, 0) is 0 Å². The molecular formula is C16H17ClN2O. The van der Waals surface area contributed by atoms with Crippen LogP contribution in [0.15, 0.2) is 54.6 Å². The van der Waals surface area contributed by atoms with Crippen LogP contribution in [0.2, 0.25) is 5.02 Å². The number of halogens is 1. The monoisotopic (exact) mass is 288 g/mol. The van der Waals surface area contributed by atoms with Gasteiger partial charge in [-0.05, 0) is 23.6 Å². The Bertz CT molecular complexity index is 572. The van der Waals surface area contributed by atoms with Gasteiger partial charge < -0.3 is 10.6 Å². The van der Waals surface area contributed by atoms with Crippen molar-refractivity contribution in [1.82, 2.24) is 5.32 Å². The smallest absolute Gasteiger partial charge is 0.319 e. The van der Waals surface area contributed by atoms with Crippen molar-refractivity contribution in [1.29, 1.82) is 0 Å². The Kier molecular flexibility index (Phi) is 5.02. The van der Waals surface area contributed by atoms with Gasteiger partial charge in [0.25, 0.3) is 0 Å². The fourth-order valence-electron chi connectivity index (χ4n) is 1.87. The van der Waals surface area contributed by atoms with Gasteiger partial charge in [-0.2, -0.15) is 0 Å². The van der Waals surface area contributed by atoms with Crippen molar-refractivity contribution in [2.45, 2.75) is 12.8 Å². The lowest BCUT2D eigenvalue weighted by atomic mass is 10.0. The molecule has 0 aliphatic heterocycles. The molecule has 2 N–H and O–H groups in total. The molecule has 4 heteroatoms. The van der Waals surface area contributed by atoms with Gasteiger partial charge in [0.05, 0.1) is 10.7 Å². The summed E-state index contributed by atoms with van der Waals surface area (Å²) in [5, 5.41) is 6.11. The number of hydrogen-bond acceptors (Lipinski definition) is 1. The number of urea groups is 1. The van der Waals surface area contributed by atoms with Crippen LogP contribution in [0.5, 0.6) is 0 Å². The molecule has 1 unspecified atom stereocenters. The summed E-state index contributed by atoms with van der Waals surface area (Å²) in [6.07, 6.45) is 0. The number of benzene rings is 2. The van der Waals surface area contributed by atoms with Crippen LogP contribution >= 0.6 is 11.6 Å². The summed E-state index contributed by atoms with van der Waals surface area (Å²) in [6.45, 7) is 2.64. The Morgan fingerprint density at radius 3 is 2.45 bits per heavy atom. The zero-order valence-electron chi connectivity index (χ0n) is 11.3. The topological polar surface area (TPSA) is 41.1 Å². The van der Waals surface area contributed by atoms with Gasteiger partial charge in [-0.15, -0.1) is 0 Å². The first-order chi connectivity index (χ1) is 9.66. The molecule has 0 aliphatic carbocycles. The van der Waals surface area contributed by atoms with Crippen LogP contribution in [0, 0.1) is 0 Å². The van der Waals surface area contributed by atoms with E-state index in [0.717, 1.165) is 0 Å². The highest BCUT2D eigenvalue weighted by Gasteiger charge is 2.08. The van der Waals surface area contributed by atoms with Crippen molar-refractivity contribution in [3.05, 3.63) is 65.2 Å². The summed E-state index contributed by atoms with van der Waals surface area (Å²) in [5.74, 6) is 0.258. The Hall–Kier alpha value is -2.00. The third kappa shape index (κ3) is 4.00. The van der Waals surface area contributed by atoms with E-state index in [-0.39, 0.29) is 11.9 Å². The molecule has 2 aromatic carbocycles. The van der Waals surface area contributed by atoms with E-state index in [4.69, 9.17) is 11.6 Å². The zero-order valence-corrected chi connectivity index (χ0v) is 12.0. The number of anilines is 1. The molecule has 1 atom stereocenters. The van der Waals surface area contributed by atoms with E-state index in [9.17, 15) is 4.79 Å². The van der Waals surface area contributed by atoms with Crippen LogP contribution in [0.25, 0.3) is 0 Å². The molecule has 0 aromatic heterocycles. The molecule has 0 bridgehead atoms. The van der Waals surface area contributed by atoms with Crippen LogP contribution in [-0.4, -0.2) is 12.6 Å². The third-order valence-electron chi connectivity index (χ3n) is 3.06. The van der Waals surface area contributed by atoms with Crippen LogP contribution in [0.3, 0.4) is 0 Å². The van der Waals surface area contributed by atoms with Gasteiger partial charge in [0, 0.05) is 6.54 Å². The van der Waals surface area contributed by atoms with Crippen LogP contribution < -0.4 is 10.6 Å². The van der Waals surface area contributed by atoms with Crippen molar-refractivity contribution in [2.24, 2.45) is 0 Å². The SMILES string of the molecule is CC(CNC(=O)Nc1ccccc1Cl)c1ccccc1. The van der Waals surface area contributed by atoms with Gasteiger partial charge in [0.1, 0.15) is 0 Å². The van der Waals surface area contributed by atoms with E-state index < -0.39 is 0 Å². The Morgan fingerprint density at radius 2 is 1.75 bits per heavy atom. The third-order valence-corrected chi connectivity index (χ3v) is 3.39. The Labute approximate surface area is 124 Å². The maximum atomic E-state index is 11.8. The zero-order chi connectivity index (χ0) is 14.4. The van der Waals surface area contributed by atoms with Gasteiger partial charge in [-0.3, -0.25) is 0 Å². The second-order valence-electron chi connectivity index (χ2n) is 4.63. The van der Waals surface area contributed by atoms with E-state index >= 15 is 0 Å². The summed E-state index contributed by atoms with van der Waals surface area (Å²) in [5.41, 5.74) is 1.81. The Balaban J connectivity index is 1.85. The van der Waals surface area contributed by atoms with E-state index in [1.165, 1.54) is 5.56 Å². The van der Waals surface area contributed by atoms with Gasteiger partial charge >= 0.3 is 6.03 Å². The standard InChI is InChI=1S/C16H17ClN2O/c1-12(13-7-3-2-4-8-13)11-18-16(20)19-15-10-6-5-9-14(15)17/h2-10,12H,11H2,1H3,(H2,18,19,20). The second-order valence-corrected chi connectivity index (χ2v) is 5.03. The summed E-state index contributed by atoms with van der Waals surface area (Å²) < 4.78 is 0. The summed E-state index contributed by atoms with van der Waals surface area (Å²) in [4.78, 5) is 11.8. The fourth-order valence-corrected chi connectivity index (χ4v) is 2.06. The number of nitrogens with one attached hydrogen (secondary N) is 2. The predicted octanol–water partition coefficient (Wildman–Crippen LogP) is 4.27. The minimum atomic E-state index is -0.249. The van der Waals surface area contributed by atoms with Crippen molar-refractivity contribution in [3.63, 3.8) is 0 Å². The predicted molar refractivity (Wildman–Crippen MR) is 83.3 cm³/mol. The van der Waals surface area contributed by atoms with Gasteiger partial charge in [-0.25, -0.2) is 4.79 Å². The quantitative estimate of drug-likeness (QED) is 0.867. The molecule has 0 aliphatic rings. The number of para-hydroxylation sites is 1. The van der Waals surface area contributed by atoms with Gasteiger partial charge in [0.15, 0.2) is 0 Å². The van der Waals surface area contributed by atoms with Crippen molar-refractivity contribution >= 4 is 23.3 Å². The van der Waals surface area contributed by atoms with Crippen LogP contribution in [0.4, 0.5) is 10.5 Å². The molecule has 0 radical (unpaired) electrons. The van der Waals surface area contributed by atoms with E-state index in [1.807, 2.05) is 30.3 Å². The molecule has 2 rings (SSSR count). The molecule has 20 heavy (non-hydrogen) atoms. The summed E-state index contributed by atoms with van der Waals surface area (Å²) in [7, 11) is 0. The number of amides is 2. The minimum absolute atomic E-state index is 0.249. The minimum Gasteiger partial charge on any atom is -0.337 e. The second kappa shape index (κ2) is 6.96. The molecule has 2 amide bonds. The van der Waals surface area contributed by atoms with E-state index in [2.05, 4.69) is 29.7 Å². The molecule has 0 spiro atoms. The number of rotatable bonds is 4. The van der Waals surface area contributed by atoms with Crippen molar-refractivity contribution < 1.29 is 4.79 Å². The molecule has 2 aromatic rings. The molecule has 0 saturated heterocycles. The van der Waals surface area contributed by atoms with Gasteiger partial charge in [0.2, 0.25) is 0 Å². The van der Waals surface area contributed by atoms with Crippen molar-refractivity contribution in [3.8, 4) is 0 Å². The molecule has 0 saturated carbocycles. The lowest BCUT2D eigenvalue weighted by molar-refractivity contribution is 0.251. The molecule has 0 fully saturated rings. The van der Waals surface area contributed by atoms with Crippen molar-refractivity contribution in [2.75, 3.05) is 11.9 Å². The average molecular weight is 289 g/mol. The highest BCUT2D eigenvalue weighted by atomic mass is 35.5. The maximum absolute atomic E-state index is 11.8. The number of carbonyl (C=O) groups is 1. The first kappa shape index (κ1) is 14.4. The molecule has 3 nitrogen and oxygen atoms in total. The van der Waals surface area contributed by atoms with Gasteiger partial charge in [-0.1, -0.05) is 61.0 Å². The number of hydrogen-bond donors (Lipinski definition) is 2. The van der Waals surface area contributed by atoms with E-state index in [0.29, 0.717) is 17.3 Å². The Morgan fingerprint density at radius 1 is 1.10 bits per heavy atom. The first-order valence-electron chi connectivity index (χ1n) is 6.51. The molecule has 0 heterocycles. The largest absolute Gasteiger partial charge is 0.337 e. The summed E-state index contributed by atoms with van der Waals surface area (Å²) in [6, 6.07) is 17.0. The van der Waals surface area contributed by atoms with Crippen LogP contribution in [0.1, 0.15) is 18.4 Å². The highest BCUT2D eigenvalue weighted by molar-refractivity contribution is 6.33. The first-order valence-corrected chi connectivity index (χ1v) is 6.89. The highest BCUT2D eigenvalue weighted by Crippen LogP contribution is 2.20. The normalized spacial score (nSPS) is 11.7. The lowest BCUT2D eigenvalue weighted by Crippen LogP contribution is -2.31. The maximum Gasteiger partial charge on any atom is 0.319 e. The molecule has 104 valence electrons. The average Bonchev–Trinajstić information content (AvgIpc) is 2.48. The number of carbonyl (C=O) groups excluding carboxylic acids is 1. The lowest BCUT2D eigenvalue weighted by Gasteiger charge is -2.14. The fraction of sp³-hybridized carbons (Fsp3) is 0.188. The molecular weight excluding hydrogens is 272 g/mol.